The normalized spacial score (nSPS) is 13.6. The van der Waals surface area contributed by atoms with Gasteiger partial charge in [0.1, 0.15) is 5.01 Å². The van der Waals surface area contributed by atoms with Crippen molar-refractivity contribution in [2.75, 3.05) is 19.7 Å². The van der Waals surface area contributed by atoms with Gasteiger partial charge in [-0.3, -0.25) is 9.48 Å². The maximum atomic E-state index is 12.6. The van der Waals surface area contributed by atoms with Crippen LogP contribution in [-0.4, -0.2) is 51.1 Å². The summed E-state index contributed by atoms with van der Waals surface area (Å²) in [6.07, 6.45) is 0.243. The highest BCUT2D eigenvalue weighted by molar-refractivity contribution is 7.22. The van der Waals surface area contributed by atoms with E-state index < -0.39 is 5.60 Å². The summed E-state index contributed by atoms with van der Waals surface area (Å²) in [5.41, 5.74) is 9.28. The summed E-state index contributed by atoms with van der Waals surface area (Å²) in [4.78, 5) is 17.7. The summed E-state index contributed by atoms with van der Waals surface area (Å²) in [5.74, 6) is 0.249. The minimum Gasteiger partial charge on any atom is -0.466 e. The Morgan fingerprint density at radius 3 is 2.38 bits per heavy atom. The Balaban J connectivity index is 0.000000652. The molecule has 0 spiro atoms. The summed E-state index contributed by atoms with van der Waals surface area (Å²) in [5, 5.41) is 18.9. The smallest absolute Gasteiger partial charge is 0.310 e. The molecule has 3 aromatic carbocycles. The van der Waals surface area contributed by atoms with E-state index >= 15 is 0 Å². The molecule has 1 aliphatic rings. The lowest BCUT2D eigenvalue weighted by atomic mass is 9.93. The topological polar surface area (TPSA) is 89.3 Å². The van der Waals surface area contributed by atoms with E-state index in [0.29, 0.717) is 12.5 Å². The van der Waals surface area contributed by atoms with Gasteiger partial charge in [0.05, 0.1) is 40.1 Å². The van der Waals surface area contributed by atoms with Gasteiger partial charge in [0.25, 0.3) is 0 Å². The van der Waals surface area contributed by atoms with E-state index in [-0.39, 0.29) is 12.4 Å². The molecule has 8 heteroatoms. The molecule has 2 N–H and O–H groups in total. The molecule has 1 fully saturated rings. The number of nitrogens with one attached hydrogen (secondary N) is 1. The van der Waals surface area contributed by atoms with Crippen molar-refractivity contribution in [3.8, 4) is 21.7 Å². The van der Waals surface area contributed by atoms with Crippen molar-refractivity contribution >= 4 is 38.4 Å². The molecule has 0 unspecified atom stereocenters. The third kappa shape index (κ3) is 6.41. The molecule has 42 heavy (non-hydrogen) atoms. The van der Waals surface area contributed by atoms with Gasteiger partial charge in [-0.15, -0.1) is 11.3 Å². The minimum absolute atomic E-state index is 0.205. The summed E-state index contributed by atoms with van der Waals surface area (Å²) in [7, 11) is 2.01. The molecule has 6 rings (SSSR count). The molecular formula is C34H40N4O3S. The number of fused-ring (bicyclic) bond motifs is 2. The lowest BCUT2D eigenvalue weighted by molar-refractivity contribution is -0.142. The minimum atomic E-state index is -0.500. The van der Waals surface area contributed by atoms with Crippen LogP contribution >= 0.6 is 11.3 Å². The number of aliphatic hydroxyl groups is 1. The van der Waals surface area contributed by atoms with Crippen molar-refractivity contribution in [1.29, 1.82) is 0 Å². The first-order valence-electron chi connectivity index (χ1n) is 14.5. The van der Waals surface area contributed by atoms with E-state index in [9.17, 15) is 4.79 Å². The summed E-state index contributed by atoms with van der Waals surface area (Å²) in [6, 6.07) is 17.2. The lowest BCUT2D eigenvalue weighted by Crippen LogP contribution is -2.40. The monoisotopic (exact) mass is 584 g/mol. The molecular weight excluding hydrogens is 544 g/mol. The van der Waals surface area contributed by atoms with Crippen LogP contribution in [0.4, 0.5) is 0 Å². The van der Waals surface area contributed by atoms with Crippen LogP contribution in [-0.2, 0) is 23.0 Å². The molecule has 1 aliphatic heterocycles. The fourth-order valence-corrected chi connectivity index (χ4v) is 6.31. The number of thiazole rings is 1. The first-order valence-corrected chi connectivity index (χ1v) is 15.3. The molecule has 0 bridgehead atoms. The number of hydrogen-bond donors (Lipinski definition) is 2. The van der Waals surface area contributed by atoms with Gasteiger partial charge >= 0.3 is 5.97 Å². The standard InChI is InChI=1S/C30H30N4O2S.C4H10O/c1-5-36-26(35)14-22-18(3)12-24-29(27(22)19-8-6-17(2)7-9-19)37-30(32-24)20-10-11-25-23(13-20)28(33-34(25)4)21-15-31-16-21;1-4(2,3)5/h6-13,21,31H,5,14-16H2,1-4H3;5H,1-3H3. The SMILES string of the molecule is CC(C)(C)O.CCOC(=O)Cc1c(C)cc2nc(-c3ccc4c(c3)c(C3CNC3)nn4C)sc2c1-c1ccc(C)cc1. The highest BCUT2D eigenvalue weighted by Gasteiger charge is 2.25. The number of esters is 1. The highest BCUT2D eigenvalue weighted by Crippen LogP contribution is 2.42. The summed E-state index contributed by atoms with van der Waals surface area (Å²) in [6.45, 7) is 13.5. The number of hydrogen-bond acceptors (Lipinski definition) is 7. The average Bonchev–Trinajstić information content (AvgIpc) is 3.44. The van der Waals surface area contributed by atoms with Crippen LogP contribution in [0.25, 0.3) is 42.8 Å². The van der Waals surface area contributed by atoms with Gasteiger partial charge in [0.2, 0.25) is 0 Å². The fourth-order valence-electron chi connectivity index (χ4n) is 5.18. The maximum absolute atomic E-state index is 12.6. The molecule has 5 aromatic rings. The third-order valence-corrected chi connectivity index (χ3v) is 8.41. The number of aryl methyl sites for hydroxylation is 3. The second-order valence-electron chi connectivity index (χ2n) is 12.0. The predicted octanol–water partition coefficient (Wildman–Crippen LogP) is 6.70. The zero-order chi connectivity index (χ0) is 30.2. The summed E-state index contributed by atoms with van der Waals surface area (Å²) >= 11 is 1.69. The maximum Gasteiger partial charge on any atom is 0.310 e. The number of rotatable bonds is 6. The molecule has 2 aromatic heterocycles. The van der Waals surface area contributed by atoms with Gasteiger partial charge in [-0.2, -0.15) is 5.10 Å². The van der Waals surface area contributed by atoms with Gasteiger partial charge in [-0.1, -0.05) is 29.8 Å². The van der Waals surface area contributed by atoms with E-state index in [0.717, 1.165) is 67.3 Å². The predicted molar refractivity (Wildman–Crippen MR) is 172 cm³/mol. The molecule has 0 aliphatic carbocycles. The van der Waals surface area contributed by atoms with Crippen LogP contribution in [0.3, 0.4) is 0 Å². The van der Waals surface area contributed by atoms with E-state index in [2.05, 4.69) is 67.7 Å². The number of benzene rings is 3. The van der Waals surface area contributed by atoms with Crippen LogP contribution in [0.1, 0.15) is 56.0 Å². The van der Waals surface area contributed by atoms with Crippen molar-refractivity contribution in [3.63, 3.8) is 0 Å². The fraction of sp³-hybridized carbons (Fsp3) is 0.382. The Morgan fingerprint density at radius 1 is 1.10 bits per heavy atom. The molecule has 1 saturated heterocycles. The first-order chi connectivity index (χ1) is 19.9. The second kappa shape index (κ2) is 12.0. The van der Waals surface area contributed by atoms with Gasteiger partial charge in [0, 0.05) is 42.6 Å². The third-order valence-electron chi connectivity index (χ3n) is 7.27. The molecule has 0 radical (unpaired) electrons. The Labute approximate surface area is 251 Å². The molecule has 0 atom stereocenters. The van der Waals surface area contributed by atoms with Crippen molar-refractivity contribution in [2.45, 2.75) is 59.5 Å². The van der Waals surface area contributed by atoms with E-state index in [1.54, 1.807) is 32.1 Å². The second-order valence-corrected chi connectivity index (χ2v) is 13.0. The van der Waals surface area contributed by atoms with Crippen molar-refractivity contribution in [1.82, 2.24) is 20.1 Å². The largest absolute Gasteiger partial charge is 0.466 e. The van der Waals surface area contributed by atoms with E-state index in [4.69, 9.17) is 19.9 Å². The number of aromatic nitrogens is 3. The van der Waals surface area contributed by atoms with Gasteiger partial charge in [0.15, 0.2) is 0 Å². The van der Waals surface area contributed by atoms with Crippen molar-refractivity contribution in [2.24, 2.45) is 7.05 Å². The van der Waals surface area contributed by atoms with Crippen LogP contribution in [0.5, 0.6) is 0 Å². The quantitative estimate of drug-likeness (QED) is 0.216. The number of ether oxygens (including phenoxy) is 1. The van der Waals surface area contributed by atoms with Crippen LogP contribution < -0.4 is 5.32 Å². The number of carbonyl (C=O) groups is 1. The molecule has 0 amide bonds. The highest BCUT2D eigenvalue weighted by atomic mass is 32.1. The Morgan fingerprint density at radius 2 is 1.76 bits per heavy atom. The zero-order valence-electron chi connectivity index (χ0n) is 25.5. The van der Waals surface area contributed by atoms with Crippen molar-refractivity contribution < 1.29 is 14.6 Å². The van der Waals surface area contributed by atoms with E-state index in [1.165, 1.54) is 10.9 Å². The van der Waals surface area contributed by atoms with Crippen LogP contribution in [0.15, 0.2) is 48.5 Å². The van der Waals surface area contributed by atoms with Crippen LogP contribution in [0.2, 0.25) is 0 Å². The Hall–Kier alpha value is -3.59. The number of carbonyl (C=O) groups excluding carboxylic acids is 1. The molecule has 7 nitrogen and oxygen atoms in total. The number of nitrogens with zero attached hydrogens (tertiary/aromatic N) is 3. The van der Waals surface area contributed by atoms with Gasteiger partial charge < -0.3 is 15.2 Å². The molecule has 220 valence electrons. The molecule has 0 saturated carbocycles. The molecule has 3 heterocycles. The van der Waals surface area contributed by atoms with Gasteiger partial charge in [-0.05, 0) is 82.5 Å². The zero-order valence-corrected chi connectivity index (χ0v) is 26.4. The average molecular weight is 585 g/mol. The Kier molecular flexibility index (Phi) is 8.51. The van der Waals surface area contributed by atoms with Crippen LogP contribution in [0, 0.1) is 13.8 Å². The van der Waals surface area contributed by atoms with Crippen molar-refractivity contribution in [3.05, 3.63) is 70.9 Å². The lowest BCUT2D eigenvalue weighted by Gasteiger charge is -2.25. The van der Waals surface area contributed by atoms with E-state index in [1.807, 2.05) is 18.7 Å². The first kappa shape index (κ1) is 29.9. The van der Waals surface area contributed by atoms with Gasteiger partial charge in [-0.25, -0.2) is 4.98 Å². The Bertz CT molecular complexity index is 1740. The summed E-state index contributed by atoms with van der Waals surface area (Å²) < 4.78 is 8.39.